The largest absolute Gasteiger partial charge is 0.273 e. The van der Waals surface area contributed by atoms with Crippen LogP contribution in [-0.2, 0) is 0 Å². The fraction of sp³-hybridized carbons (Fsp3) is 0.143. The van der Waals surface area contributed by atoms with Crippen molar-refractivity contribution in [3.63, 3.8) is 0 Å². The number of fused-ring (bicyclic) bond motifs is 2. The standard InChI is InChI=1S/C14H14N2S.ClH/c1-15(2)16-11-7-3-5-9-13(11)17-14-10-6-4-8-12(14)16;/h3-10H,1-2H3;1H. The Labute approximate surface area is 118 Å². The number of hydrazine groups is 1. The van der Waals surface area contributed by atoms with Gasteiger partial charge in [0.05, 0.1) is 11.4 Å². The van der Waals surface area contributed by atoms with Gasteiger partial charge >= 0.3 is 0 Å². The highest BCUT2D eigenvalue weighted by atomic mass is 35.5. The number of rotatable bonds is 1. The van der Waals surface area contributed by atoms with E-state index >= 15 is 0 Å². The van der Waals surface area contributed by atoms with E-state index in [4.69, 9.17) is 0 Å². The molecule has 2 aromatic carbocycles. The second-order valence-corrected chi connectivity index (χ2v) is 5.28. The fourth-order valence-electron chi connectivity index (χ4n) is 2.12. The summed E-state index contributed by atoms with van der Waals surface area (Å²) >= 11 is 1.84. The third kappa shape index (κ3) is 2.09. The molecule has 1 aliphatic rings. The van der Waals surface area contributed by atoms with E-state index in [1.54, 1.807) is 0 Å². The van der Waals surface area contributed by atoms with Crippen LogP contribution in [0.3, 0.4) is 0 Å². The number of halogens is 1. The molecule has 4 heteroatoms. The van der Waals surface area contributed by atoms with Crippen molar-refractivity contribution in [2.45, 2.75) is 9.79 Å². The lowest BCUT2D eigenvalue weighted by molar-refractivity contribution is 0.413. The first kappa shape index (κ1) is 13.3. The minimum Gasteiger partial charge on any atom is -0.273 e. The van der Waals surface area contributed by atoms with Gasteiger partial charge in [-0.1, -0.05) is 36.0 Å². The Morgan fingerprint density at radius 2 is 1.28 bits per heavy atom. The minimum absolute atomic E-state index is 0. The summed E-state index contributed by atoms with van der Waals surface area (Å²) in [6.07, 6.45) is 0. The second-order valence-electron chi connectivity index (χ2n) is 4.20. The molecule has 0 fully saturated rings. The van der Waals surface area contributed by atoms with Crippen LogP contribution in [0, 0.1) is 0 Å². The van der Waals surface area contributed by atoms with Crippen LogP contribution in [0.2, 0.25) is 0 Å². The van der Waals surface area contributed by atoms with Crippen LogP contribution < -0.4 is 5.01 Å². The third-order valence-electron chi connectivity index (χ3n) is 2.81. The van der Waals surface area contributed by atoms with E-state index in [2.05, 4.69) is 72.6 Å². The normalized spacial score (nSPS) is 12.7. The van der Waals surface area contributed by atoms with Crippen LogP contribution in [0.5, 0.6) is 0 Å². The second kappa shape index (κ2) is 5.22. The van der Waals surface area contributed by atoms with Gasteiger partial charge in [-0.2, -0.15) is 0 Å². The molecule has 1 heterocycles. The molecular weight excluding hydrogens is 264 g/mol. The molecule has 0 N–H and O–H groups in total. The molecule has 0 saturated heterocycles. The van der Waals surface area contributed by atoms with Gasteiger partial charge in [0.25, 0.3) is 0 Å². The summed E-state index contributed by atoms with van der Waals surface area (Å²) in [7, 11) is 4.15. The van der Waals surface area contributed by atoms with Crippen LogP contribution in [0.25, 0.3) is 0 Å². The molecule has 0 bridgehead atoms. The van der Waals surface area contributed by atoms with E-state index in [9.17, 15) is 0 Å². The summed E-state index contributed by atoms with van der Waals surface area (Å²) in [4.78, 5) is 2.61. The summed E-state index contributed by atoms with van der Waals surface area (Å²) in [6, 6.07) is 17.0. The van der Waals surface area contributed by atoms with Crippen LogP contribution in [-0.4, -0.2) is 19.1 Å². The maximum Gasteiger partial charge on any atom is 0.0719 e. The molecule has 0 radical (unpaired) electrons. The molecule has 0 aromatic heterocycles. The van der Waals surface area contributed by atoms with Crippen molar-refractivity contribution in [2.24, 2.45) is 0 Å². The Morgan fingerprint density at radius 3 is 1.72 bits per heavy atom. The lowest BCUT2D eigenvalue weighted by atomic mass is 10.2. The van der Waals surface area contributed by atoms with E-state index in [1.807, 2.05) is 11.8 Å². The number of anilines is 2. The number of hydrogen-bond donors (Lipinski definition) is 0. The molecule has 1 aliphatic heterocycles. The first-order valence-electron chi connectivity index (χ1n) is 5.60. The van der Waals surface area contributed by atoms with Gasteiger partial charge in [0, 0.05) is 23.9 Å². The summed E-state index contributed by atoms with van der Waals surface area (Å²) in [6.45, 7) is 0. The van der Waals surface area contributed by atoms with E-state index < -0.39 is 0 Å². The van der Waals surface area contributed by atoms with Crippen LogP contribution in [0.15, 0.2) is 58.3 Å². The van der Waals surface area contributed by atoms with E-state index in [0.717, 1.165) is 0 Å². The fourth-order valence-corrected chi connectivity index (χ4v) is 3.16. The van der Waals surface area contributed by atoms with Crippen molar-refractivity contribution >= 4 is 35.5 Å². The van der Waals surface area contributed by atoms with Gasteiger partial charge in [-0.25, -0.2) is 5.01 Å². The summed E-state index contributed by atoms with van der Waals surface area (Å²) in [5, 5.41) is 4.37. The molecular formula is C14H15ClN2S. The maximum atomic E-state index is 2.25. The van der Waals surface area contributed by atoms with Crippen LogP contribution >= 0.6 is 24.2 Å². The number of para-hydroxylation sites is 2. The predicted molar refractivity (Wildman–Crippen MR) is 80.1 cm³/mol. The molecule has 18 heavy (non-hydrogen) atoms. The Hall–Kier alpha value is -1.16. The van der Waals surface area contributed by atoms with Crippen molar-refractivity contribution in [2.75, 3.05) is 19.1 Å². The Kier molecular flexibility index (Phi) is 3.85. The Morgan fingerprint density at radius 1 is 0.833 bits per heavy atom. The zero-order valence-corrected chi connectivity index (χ0v) is 12.0. The van der Waals surface area contributed by atoms with Gasteiger partial charge in [0.2, 0.25) is 0 Å². The zero-order valence-electron chi connectivity index (χ0n) is 10.3. The lowest BCUT2D eigenvalue weighted by Gasteiger charge is -2.36. The number of benzene rings is 2. The molecule has 0 amide bonds. The number of hydrogen-bond acceptors (Lipinski definition) is 3. The molecule has 2 nitrogen and oxygen atoms in total. The molecule has 0 saturated carbocycles. The monoisotopic (exact) mass is 278 g/mol. The zero-order chi connectivity index (χ0) is 11.8. The summed E-state index contributed by atoms with van der Waals surface area (Å²) in [5.74, 6) is 0. The highest BCUT2D eigenvalue weighted by molar-refractivity contribution is 7.99. The average Bonchev–Trinajstić information content (AvgIpc) is 2.35. The van der Waals surface area contributed by atoms with Gasteiger partial charge in [-0.3, -0.25) is 5.01 Å². The van der Waals surface area contributed by atoms with E-state index in [1.165, 1.54) is 21.2 Å². The third-order valence-corrected chi connectivity index (χ3v) is 3.94. The highest BCUT2D eigenvalue weighted by Gasteiger charge is 2.23. The van der Waals surface area contributed by atoms with Crippen molar-refractivity contribution in [3.8, 4) is 0 Å². The lowest BCUT2D eigenvalue weighted by Crippen LogP contribution is -2.34. The Balaban J connectivity index is 0.00000120. The van der Waals surface area contributed by atoms with E-state index in [0.29, 0.717) is 0 Å². The van der Waals surface area contributed by atoms with Crippen molar-refractivity contribution in [3.05, 3.63) is 48.5 Å². The van der Waals surface area contributed by atoms with Crippen LogP contribution in [0.4, 0.5) is 11.4 Å². The topological polar surface area (TPSA) is 6.48 Å². The first-order chi connectivity index (χ1) is 8.27. The molecule has 3 rings (SSSR count). The number of nitrogens with zero attached hydrogens (tertiary/aromatic N) is 2. The first-order valence-corrected chi connectivity index (χ1v) is 6.42. The molecule has 0 unspecified atom stereocenters. The van der Waals surface area contributed by atoms with Crippen LogP contribution in [0.1, 0.15) is 0 Å². The van der Waals surface area contributed by atoms with Crippen molar-refractivity contribution < 1.29 is 0 Å². The van der Waals surface area contributed by atoms with E-state index in [-0.39, 0.29) is 12.4 Å². The van der Waals surface area contributed by atoms with Gasteiger partial charge in [-0.15, -0.1) is 12.4 Å². The minimum atomic E-state index is 0. The molecule has 0 spiro atoms. The summed E-state index contributed by atoms with van der Waals surface area (Å²) < 4.78 is 0. The molecule has 2 aromatic rings. The molecule has 0 atom stereocenters. The van der Waals surface area contributed by atoms with Gasteiger partial charge < -0.3 is 0 Å². The SMILES string of the molecule is CN(C)N1c2ccccc2Sc2ccccc21.Cl. The van der Waals surface area contributed by atoms with Gasteiger partial charge in [0.1, 0.15) is 0 Å². The summed E-state index contributed by atoms with van der Waals surface area (Å²) in [5.41, 5.74) is 2.50. The molecule has 94 valence electrons. The van der Waals surface area contributed by atoms with Crippen molar-refractivity contribution in [1.29, 1.82) is 0 Å². The Bertz CT molecular complexity index is 511. The maximum absolute atomic E-state index is 2.25. The predicted octanol–water partition coefficient (Wildman–Crippen LogP) is 4.19. The molecule has 0 aliphatic carbocycles. The highest BCUT2D eigenvalue weighted by Crippen LogP contribution is 2.47. The van der Waals surface area contributed by atoms with Crippen molar-refractivity contribution in [1.82, 2.24) is 5.01 Å². The van der Waals surface area contributed by atoms with Gasteiger partial charge in [-0.05, 0) is 24.3 Å². The average molecular weight is 279 g/mol. The smallest absolute Gasteiger partial charge is 0.0719 e. The van der Waals surface area contributed by atoms with Gasteiger partial charge in [0.15, 0.2) is 0 Å². The quantitative estimate of drug-likeness (QED) is 0.772.